The Hall–Kier alpha value is -1.73. The molecule has 0 aromatic carbocycles. The SMILES string of the molecule is C=C=CC(C)(CCc1ccco1)OC(C)=O. The number of carbonyl (C=O) groups excluding carboxylic acids is 1. The molecule has 1 unspecified atom stereocenters. The molecular formula is C13H16O3. The van der Waals surface area contributed by atoms with E-state index in [2.05, 4.69) is 12.3 Å². The van der Waals surface area contributed by atoms with Gasteiger partial charge in [0.15, 0.2) is 0 Å². The van der Waals surface area contributed by atoms with Gasteiger partial charge in [-0.25, -0.2) is 0 Å². The molecule has 3 nitrogen and oxygen atoms in total. The van der Waals surface area contributed by atoms with Crippen LogP contribution in [0.15, 0.2) is 41.2 Å². The van der Waals surface area contributed by atoms with Crippen LogP contribution in [0.3, 0.4) is 0 Å². The van der Waals surface area contributed by atoms with Crippen LogP contribution in [0.2, 0.25) is 0 Å². The van der Waals surface area contributed by atoms with Crippen molar-refractivity contribution in [2.75, 3.05) is 0 Å². The molecule has 0 amide bonds. The summed E-state index contributed by atoms with van der Waals surface area (Å²) in [6.07, 6.45) is 4.64. The summed E-state index contributed by atoms with van der Waals surface area (Å²) >= 11 is 0. The Labute approximate surface area is 95.4 Å². The number of aryl methyl sites for hydroxylation is 1. The molecule has 0 aliphatic heterocycles. The van der Waals surface area contributed by atoms with Crippen molar-refractivity contribution in [3.8, 4) is 0 Å². The third-order valence-corrected chi connectivity index (χ3v) is 2.23. The van der Waals surface area contributed by atoms with E-state index in [9.17, 15) is 4.79 Å². The van der Waals surface area contributed by atoms with Gasteiger partial charge in [-0.15, -0.1) is 5.73 Å². The van der Waals surface area contributed by atoms with Crippen molar-refractivity contribution in [2.45, 2.75) is 32.3 Å². The molecular weight excluding hydrogens is 204 g/mol. The van der Waals surface area contributed by atoms with Gasteiger partial charge in [0.2, 0.25) is 0 Å². The maximum atomic E-state index is 11.0. The fourth-order valence-electron chi connectivity index (χ4n) is 1.52. The van der Waals surface area contributed by atoms with E-state index in [1.54, 1.807) is 12.3 Å². The Morgan fingerprint density at radius 1 is 1.75 bits per heavy atom. The van der Waals surface area contributed by atoms with E-state index >= 15 is 0 Å². The second-order valence-electron chi connectivity index (χ2n) is 3.83. The first-order valence-corrected chi connectivity index (χ1v) is 5.15. The minimum absolute atomic E-state index is 0.312. The zero-order valence-electron chi connectivity index (χ0n) is 9.66. The highest BCUT2D eigenvalue weighted by atomic mass is 16.6. The molecule has 0 bridgehead atoms. The number of hydrogen-bond donors (Lipinski definition) is 0. The van der Waals surface area contributed by atoms with Crippen molar-refractivity contribution in [3.05, 3.63) is 42.5 Å². The van der Waals surface area contributed by atoms with Gasteiger partial charge in [-0.05, 0) is 25.5 Å². The summed E-state index contributed by atoms with van der Waals surface area (Å²) in [5.41, 5.74) is 1.99. The van der Waals surface area contributed by atoms with Gasteiger partial charge in [0, 0.05) is 19.4 Å². The Bertz CT molecular complexity index is 385. The Morgan fingerprint density at radius 3 is 3.00 bits per heavy atom. The lowest BCUT2D eigenvalue weighted by Crippen LogP contribution is -2.28. The van der Waals surface area contributed by atoms with Crippen LogP contribution < -0.4 is 0 Å². The summed E-state index contributed by atoms with van der Waals surface area (Å²) < 4.78 is 10.5. The van der Waals surface area contributed by atoms with Crippen molar-refractivity contribution < 1.29 is 13.9 Å². The summed E-state index contributed by atoms with van der Waals surface area (Å²) in [7, 11) is 0. The monoisotopic (exact) mass is 220 g/mol. The normalized spacial score (nSPS) is 13.6. The standard InChI is InChI=1S/C13H16O3/c1-4-8-13(3,16-11(2)14)9-7-12-6-5-10-15-12/h5-6,8,10H,1,7,9H2,2-3H3. The van der Waals surface area contributed by atoms with Crippen LogP contribution in [0.4, 0.5) is 0 Å². The van der Waals surface area contributed by atoms with Crippen molar-refractivity contribution in [1.29, 1.82) is 0 Å². The predicted octanol–water partition coefficient (Wildman–Crippen LogP) is 2.88. The topological polar surface area (TPSA) is 39.4 Å². The summed E-state index contributed by atoms with van der Waals surface area (Å²) in [6, 6.07) is 3.73. The quantitative estimate of drug-likeness (QED) is 0.565. The van der Waals surface area contributed by atoms with E-state index in [0.717, 1.165) is 5.76 Å². The minimum atomic E-state index is -0.666. The van der Waals surface area contributed by atoms with E-state index in [4.69, 9.17) is 9.15 Å². The Balaban J connectivity index is 2.63. The Kier molecular flexibility index (Phi) is 4.15. The third-order valence-electron chi connectivity index (χ3n) is 2.23. The van der Waals surface area contributed by atoms with E-state index < -0.39 is 5.60 Å². The second kappa shape index (κ2) is 5.38. The van der Waals surface area contributed by atoms with Crippen LogP contribution in [-0.4, -0.2) is 11.6 Å². The van der Waals surface area contributed by atoms with E-state index in [-0.39, 0.29) is 5.97 Å². The number of esters is 1. The smallest absolute Gasteiger partial charge is 0.303 e. The molecule has 1 aromatic heterocycles. The molecule has 86 valence electrons. The fraction of sp³-hybridized carbons (Fsp3) is 0.385. The molecule has 0 aliphatic rings. The lowest BCUT2D eigenvalue weighted by atomic mass is 9.99. The number of furan rings is 1. The summed E-state index contributed by atoms with van der Waals surface area (Å²) in [5, 5.41) is 0. The van der Waals surface area contributed by atoms with Crippen LogP contribution >= 0.6 is 0 Å². The lowest BCUT2D eigenvalue weighted by Gasteiger charge is -2.24. The summed E-state index contributed by atoms with van der Waals surface area (Å²) in [4.78, 5) is 11.0. The lowest BCUT2D eigenvalue weighted by molar-refractivity contribution is -0.151. The van der Waals surface area contributed by atoms with Crippen LogP contribution in [-0.2, 0) is 16.0 Å². The largest absolute Gasteiger partial charge is 0.469 e. The Morgan fingerprint density at radius 2 is 2.50 bits per heavy atom. The van der Waals surface area contributed by atoms with Crippen molar-refractivity contribution >= 4 is 5.97 Å². The fourth-order valence-corrected chi connectivity index (χ4v) is 1.52. The number of hydrogen-bond acceptors (Lipinski definition) is 3. The van der Waals surface area contributed by atoms with E-state index in [1.165, 1.54) is 6.92 Å². The first-order chi connectivity index (χ1) is 7.56. The first-order valence-electron chi connectivity index (χ1n) is 5.15. The average molecular weight is 220 g/mol. The molecule has 0 radical (unpaired) electrons. The van der Waals surface area contributed by atoms with Gasteiger partial charge in [-0.3, -0.25) is 4.79 Å². The van der Waals surface area contributed by atoms with Gasteiger partial charge < -0.3 is 9.15 Å². The maximum absolute atomic E-state index is 11.0. The number of rotatable bonds is 5. The van der Waals surface area contributed by atoms with Crippen LogP contribution in [0.1, 0.15) is 26.0 Å². The van der Waals surface area contributed by atoms with Crippen molar-refractivity contribution in [3.63, 3.8) is 0 Å². The highest BCUT2D eigenvalue weighted by molar-refractivity contribution is 5.66. The van der Waals surface area contributed by atoms with Crippen LogP contribution in [0.25, 0.3) is 0 Å². The van der Waals surface area contributed by atoms with Gasteiger partial charge in [-0.2, -0.15) is 0 Å². The van der Waals surface area contributed by atoms with Crippen LogP contribution in [0, 0.1) is 0 Å². The van der Waals surface area contributed by atoms with Crippen LogP contribution in [0.5, 0.6) is 0 Å². The average Bonchev–Trinajstić information content (AvgIpc) is 2.66. The van der Waals surface area contributed by atoms with Crippen molar-refractivity contribution in [2.24, 2.45) is 0 Å². The third kappa shape index (κ3) is 3.79. The molecule has 0 saturated carbocycles. The minimum Gasteiger partial charge on any atom is -0.469 e. The molecule has 0 N–H and O–H groups in total. The highest BCUT2D eigenvalue weighted by Crippen LogP contribution is 2.20. The van der Waals surface area contributed by atoms with Gasteiger partial charge in [0.1, 0.15) is 11.4 Å². The molecule has 1 heterocycles. The molecule has 1 rings (SSSR count). The predicted molar refractivity (Wildman–Crippen MR) is 60.9 cm³/mol. The second-order valence-corrected chi connectivity index (χ2v) is 3.83. The summed E-state index contributed by atoms with van der Waals surface area (Å²) in [6.45, 7) is 6.72. The molecule has 0 spiro atoms. The van der Waals surface area contributed by atoms with Crippen molar-refractivity contribution in [1.82, 2.24) is 0 Å². The highest BCUT2D eigenvalue weighted by Gasteiger charge is 2.24. The van der Waals surface area contributed by atoms with Gasteiger partial charge in [-0.1, -0.05) is 6.58 Å². The zero-order valence-corrected chi connectivity index (χ0v) is 9.66. The number of ether oxygens (including phenoxy) is 1. The molecule has 1 atom stereocenters. The molecule has 0 saturated heterocycles. The van der Waals surface area contributed by atoms with Gasteiger partial charge >= 0.3 is 5.97 Å². The maximum Gasteiger partial charge on any atom is 0.303 e. The molecule has 16 heavy (non-hydrogen) atoms. The zero-order chi connectivity index (χ0) is 12.0. The molecule has 0 fully saturated rings. The van der Waals surface area contributed by atoms with E-state index in [0.29, 0.717) is 12.8 Å². The van der Waals surface area contributed by atoms with Gasteiger partial charge in [0.25, 0.3) is 0 Å². The molecule has 0 aliphatic carbocycles. The first kappa shape index (κ1) is 12.3. The number of carbonyl (C=O) groups is 1. The summed E-state index contributed by atoms with van der Waals surface area (Å²) in [5.74, 6) is 0.560. The molecule has 1 aromatic rings. The van der Waals surface area contributed by atoms with E-state index in [1.807, 2.05) is 19.1 Å². The van der Waals surface area contributed by atoms with Gasteiger partial charge in [0.05, 0.1) is 6.26 Å². The molecule has 3 heteroatoms.